The Kier molecular flexibility index (Phi) is 3.27. The van der Waals surface area contributed by atoms with Crippen LogP contribution < -0.4 is 5.73 Å². The lowest BCUT2D eigenvalue weighted by Crippen LogP contribution is -2.14. The van der Waals surface area contributed by atoms with Gasteiger partial charge < -0.3 is 5.73 Å². The Morgan fingerprint density at radius 1 is 1.57 bits per heavy atom. The summed E-state index contributed by atoms with van der Waals surface area (Å²) in [6.07, 6.45) is 0. The van der Waals surface area contributed by atoms with Crippen LogP contribution in [0.25, 0.3) is 0 Å². The van der Waals surface area contributed by atoms with Gasteiger partial charge in [0.1, 0.15) is 10.6 Å². The number of hydrogen-bond acceptors (Lipinski definition) is 3. The predicted molar refractivity (Wildman–Crippen MR) is 59.3 cm³/mol. The third kappa shape index (κ3) is 2.13. The predicted octanol–water partition coefficient (Wildman–Crippen LogP) is 1.95. The molecule has 0 radical (unpaired) electrons. The van der Waals surface area contributed by atoms with Crippen LogP contribution in [0, 0.1) is 13.7 Å². The van der Waals surface area contributed by atoms with Gasteiger partial charge in [0.2, 0.25) is 0 Å². The van der Waals surface area contributed by atoms with Crippen LogP contribution >= 0.6 is 34.2 Å². The zero-order valence-electron chi connectivity index (χ0n) is 6.66. The molecule has 7 heteroatoms. The largest absolute Gasteiger partial charge is 0.365 e. The Morgan fingerprint density at radius 3 is 2.57 bits per heavy atom. The van der Waals surface area contributed by atoms with Crippen molar-refractivity contribution in [3.8, 4) is 0 Å². The number of primary amides is 1. The van der Waals surface area contributed by atoms with E-state index >= 15 is 0 Å². The fourth-order valence-electron chi connectivity index (χ4n) is 0.939. The molecule has 0 heterocycles. The molecule has 74 valence electrons. The summed E-state index contributed by atoms with van der Waals surface area (Å²) >= 11 is 7.51. The summed E-state index contributed by atoms with van der Waals surface area (Å²) in [5.74, 6) is -0.864. The van der Waals surface area contributed by atoms with Gasteiger partial charge in [0.05, 0.1) is 4.92 Å². The second-order valence-electron chi connectivity index (χ2n) is 2.41. The minimum Gasteiger partial charge on any atom is -0.365 e. The van der Waals surface area contributed by atoms with Crippen molar-refractivity contribution in [1.82, 2.24) is 0 Å². The maximum absolute atomic E-state index is 10.9. The number of benzene rings is 1. The summed E-state index contributed by atoms with van der Waals surface area (Å²) in [5.41, 5.74) is 4.37. The fourth-order valence-corrected chi connectivity index (χ4v) is 2.03. The van der Waals surface area contributed by atoms with E-state index in [4.69, 9.17) is 17.3 Å². The van der Waals surface area contributed by atoms with Gasteiger partial charge in [-0.25, -0.2) is 0 Å². The number of carbonyl (C=O) groups excluding carboxylic acids is 1. The molecule has 0 bridgehead atoms. The summed E-state index contributed by atoms with van der Waals surface area (Å²) in [7, 11) is 0. The molecule has 0 saturated heterocycles. The van der Waals surface area contributed by atoms with Gasteiger partial charge in [-0.2, -0.15) is 0 Å². The Labute approximate surface area is 97.5 Å². The summed E-state index contributed by atoms with van der Waals surface area (Å²) in [4.78, 5) is 20.7. The molecule has 1 aromatic carbocycles. The van der Waals surface area contributed by atoms with Crippen LogP contribution in [-0.2, 0) is 0 Å². The van der Waals surface area contributed by atoms with Gasteiger partial charge in [0.15, 0.2) is 0 Å². The van der Waals surface area contributed by atoms with E-state index in [1.165, 1.54) is 12.1 Å². The molecule has 0 saturated carbocycles. The highest BCUT2D eigenvalue weighted by atomic mass is 127. The number of halogens is 2. The maximum Gasteiger partial charge on any atom is 0.300 e. The van der Waals surface area contributed by atoms with Crippen LogP contribution in [0.3, 0.4) is 0 Å². The molecule has 1 rings (SSSR count). The average Bonchev–Trinajstić information content (AvgIpc) is 2.01. The minimum absolute atomic E-state index is 0.0873. The van der Waals surface area contributed by atoms with E-state index in [2.05, 4.69) is 0 Å². The number of nitrogens with zero attached hydrogens (tertiary/aromatic N) is 1. The molecule has 1 amide bonds. The lowest BCUT2D eigenvalue weighted by atomic mass is 10.2. The van der Waals surface area contributed by atoms with E-state index in [1.807, 2.05) is 22.6 Å². The molecule has 5 nitrogen and oxygen atoms in total. The molecule has 0 aliphatic carbocycles. The van der Waals surface area contributed by atoms with Crippen molar-refractivity contribution in [2.75, 3.05) is 0 Å². The summed E-state index contributed by atoms with van der Waals surface area (Å²) in [5, 5.41) is 10.5. The number of nitro benzene ring substituents is 1. The molecule has 0 fully saturated rings. The van der Waals surface area contributed by atoms with E-state index in [0.29, 0.717) is 3.57 Å². The van der Waals surface area contributed by atoms with Crippen LogP contribution in [0.2, 0.25) is 5.02 Å². The smallest absolute Gasteiger partial charge is 0.300 e. The number of carbonyl (C=O) groups is 1. The number of nitro groups is 1. The van der Waals surface area contributed by atoms with E-state index in [1.54, 1.807) is 0 Å². The molecule has 0 atom stereocenters. The van der Waals surface area contributed by atoms with Gasteiger partial charge in [-0.3, -0.25) is 14.9 Å². The quantitative estimate of drug-likeness (QED) is 0.512. The van der Waals surface area contributed by atoms with Crippen molar-refractivity contribution < 1.29 is 9.72 Å². The zero-order valence-corrected chi connectivity index (χ0v) is 9.57. The van der Waals surface area contributed by atoms with Gasteiger partial charge in [0.25, 0.3) is 5.91 Å². The van der Waals surface area contributed by atoms with Crippen molar-refractivity contribution in [2.24, 2.45) is 5.73 Å². The second-order valence-corrected chi connectivity index (χ2v) is 4.06. The molecule has 0 spiro atoms. The summed E-state index contributed by atoms with van der Waals surface area (Å²) in [6, 6.07) is 2.72. The molecule has 14 heavy (non-hydrogen) atoms. The molecular formula is C7H4ClIN2O3. The van der Waals surface area contributed by atoms with Gasteiger partial charge in [-0.05, 0) is 34.7 Å². The highest BCUT2D eigenvalue weighted by Crippen LogP contribution is 2.30. The van der Waals surface area contributed by atoms with E-state index in [0.717, 1.165) is 0 Å². The summed E-state index contributed by atoms with van der Waals surface area (Å²) in [6.45, 7) is 0. The van der Waals surface area contributed by atoms with Gasteiger partial charge >= 0.3 is 5.69 Å². The van der Waals surface area contributed by atoms with Crippen LogP contribution in [0.5, 0.6) is 0 Å². The lowest BCUT2D eigenvalue weighted by Gasteiger charge is -2.01. The Balaban J connectivity index is 3.52. The number of nitrogens with two attached hydrogens (primary N) is 1. The highest BCUT2D eigenvalue weighted by Gasteiger charge is 2.22. The SMILES string of the molecule is NC(=O)c1cc(I)cc(Cl)c1[N+](=O)[O-]. The van der Waals surface area contributed by atoms with Crippen molar-refractivity contribution in [1.29, 1.82) is 0 Å². The van der Waals surface area contributed by atoms with Crippen LogP contribution in [0.15, 0.2) is 12.1 Å². The maximum atomic E-state index is 10.9. The molecule has 0 aliphatic rings. The standard InChI is InChI=1S/C7H4ClIN2O3/c8-5-2-3(9)1-4(7(10)12)6(5)11(13)14/h1-2H,(H2,10,12). The minimum atomic E-state index is -0.864. The van der Waals surface area contributed by atoms with Crippen molar-refractivity contribution in [3.63, 3.8) is 0 Å². The number of rotatable bonds is 2. The lowest BCUT2D eigenvalue weighted by molar-refractivity contribution is -0.385. The normalized spacial score (nSPS) is 9.86. The monoisotopic (exact) mass is 326 g/mol. The fraction of sp³-hybridized carbons (Fsp3) is 0. The molecule has 0 aromatic heterocycles. The van der Waals surface area contributed by atoms with Crippen LogP contribution in [-0.4, -0.2) is 10.8 Å². The molecule has 0 unspecified atom stereocenters. The van der Waals surface area contributed by atoms with Crippen LogP contribution in [0.1, 0.15) is 10.4 Å². The van der Waals surface area contributed by atoms with E-state index in [-0.39, 0.29) is 10.6 Å². The van der Waals surface area contributed by atoms with Crippen LogP contribution in [0.4, 0.5) is 5.69 Å². The highest BCUT2D eigenvalue weighted by molar-refractivity contribution is 14.1. The number of hydrogen-bond donors (Lipinski definition) is 1. The third-order valence-corrected chi connectivity index (χ3v) is 2.39. The van der Waals surface area contributed by atoms with Gasteiger partial charge in [-0.15, -0.1) is 0 Å². The average molecular weight is 326 g/mol. The second kappa shape index (κ2) is 4.09. The topological polar surface area (TPSA) is 86.2 Å². The third-order valence-electron chi connectivity index (χ3n) is 1.48. The first-order chi connectivity index (χ1) is 6.43. The summed E-state index contributed by atoms with van der Waals surface area (Å²) < 4.78 is 0.618. The molecule has 0 aliphatic heterocycles. The first-order valence-corrected chi connectivity index (χ1v) is 4.82. The zero-order chi connectivity index (χ0) is 10.9. The molecule has 2 N–H and O–H groups in total. The van der Waals surface area contributed by atoms with E-state index < -0.39 is 16.5 Å². The Bertz CT molecular complexity index is 422. The Morgan fingerprint density at radius 2 is 2.14 bits per heavy atom. The van der Waals surface area contributed by atoms with Crippen molar-refractivity contribution in [2.45, 2.75) is 0 Å². The first-order valence-electron chi connectivity index (χ1n) is 3.36. The van der Waals surface area contributed by atoms with Gasteiger partial charge in [-0.1, -0.05) is 11.6 Å². The van der Waals surface area contributed by atoms with E-state index in [9.17, 15) is 14.9 Å². The van der Waals surface area contributed by atoms with Gasteiger partial charge in [0, 0.05) is 3.57 Å². The van der Waals surface area contributed by atoms with Crippen molar-refractivity contribution >= 4 is 45.8 Å². The Hall–Kier alpha value is -0.890. The molecular weight excluding hydrogens is 322 g/mol. The molecule has 1 aromatic rings. The van der Waals surface area contributed by atoms with Crippen molar-refractivity contribution in [3.05, 3.63) is 36.4 Å². The number of amides is 1. The first kappa shape index (κ1) is 11.2.